The maximum atomic E-state index is 9.91. The van der Waals surface area contributed by atoms with E-state index in [9.17, 15) is 5.11 Å². The van der Waals surface area contributed by atoms with Gasteiger partial charge < -0.3 is 14.4 Å². The number of benzene rings is 2. The van der Waals surface area contributed by atoms with Crippen molar-refractivity contribution in [3.05, 3.63) is 53.5 Å². The molecule has 134 valence electrons. The highest BCUT2D eigenvalue weighted by atomic mass is 32.1. The van der Waals surface area contributed by atoms with Gasteiger partial charge in [0.2, 0.25) is 0 Å². The lowest BCUT2D eigenvalue weighted by atomic mass is 9.77. The van der Waals surface area contributed by atoms with E-state index in [0.29, 0.717) is 0 Å². The molecule has 0 radical (unpaired) electrons. The van der Waals surface area contributed by atoms with Gasteiger partial charge in [0.25, 0.3) is 0 Å². The van der Waals surface area contributed by atoms with Gasteiger partial charge >= 0.3 is 7.12 Å². The fraction of sp³-hybridized carbons (Fsp3) is 0.333. The van der Waals surface area contributed by atoms with Crippen LogP contribution in [0.4, 0.5) is 0 Å². The largest absolute Gasteiger partial charge is 0.492 e. The molecule has 1 aromatic heterocycles. The van der Waals surface area contributed by atoms with E-state index in [-0.39, 0.29) is 6.61 Å². The average molecular weight is 366 g/mol. The summed E-state index contributed by atoms with van der Waals surface area (Å²) in [7, 11) is -0.528. The molecular weight excluding hydrogens is 343 g/mol. The van der Waals surface area contributed by atoms with Gasteiger partial charge in [-0.05, 0) is 56.9 Å². The zero-order chi connectivity index (χ0) is 18.5. The van der Waals surface area contributed by atoms with Crippen molar-refractivity contribution in [2.75, 3.05) is 6.61 Å². The molecule has 0 amide bonds. The molecule has 1 aliphatic rings. The maximum Gasteiger partial charge on any atom is 0.492 e. The van der Waals surface area contributed by atoms with Crippen molar-refractivity contribution in [2.24, 2.45) is 0 Å². The first-order chi connectivity index (χ1) is 12.3. The van der Waals surface area contributed by atoms with Crippen molar-refractivity contribution in [3.63, 3.8) is 0 Å². The number of aliphatic hydroxyl groups is 1. The van der Waals surface area contributed by atoms with E-state index < -0.39 is 18.3 Å². The third-order valence-electron chi connectivity index (χ3n) is 5.49. The Labute approximate surface area is 158 Å². The van der Waals surface area contributed by atoms with Gasteiger partial charge in [-0.2, -0.15) is 0 Å². The van der Waals surface area contributed by atoms with Crippen LogP contribution in [-0.4, -0.2) is 30.0 Å². The van der Waals surface area contributed by atoms with Crippen LogP contribution in [0.5, 0.6) is 0 Å². The molecule has 1 aliphatic heterocycles. The topological polar surface area (TPSA) is 38.7 Å². The first-order valence-corrected chi connectivity index (χ1v) is 9.71. The predicted octanol–water partition coefficient (Wildman–Crippen LogP) is 5.06. The molecule has 2 aromatic carbocycles. The third-order valence-corrected chi connectivity index (χ3v) is 6.64. The highest BCUT2D eigenvalue weighted by molar-refractivity contribution is 7.25. The second-order valence-corrected chi connectivity index (χ2v) is 8.90. The molecule has 3 nitrogen and oxygen atoms in total. The lowest BCUT2D eigenvalue weighted by molar-refractivity contribution is 0.00578. The molecule has 0 aliphatic carbocycles. The van der Waals surface area contributed by atoms with Gasteiger partial charge in [-0.15, -0.1) is 11.3 Å². The number of hydrogen-bond donors (Lipinski definition) is 1. The zero-order valence-electron chi connectivity index (χ0n) is 15.6. The number of hydrogen-bond acceptors (Lipinski definition) is 4. The highest BCUT2D eigenvalue weighted by Crippen LogP contribution is 2.39. The standard InChI is InChI=1S/C21H23BO3S/c1-20(2)21(3,4)25-22(24-20)15(13-23)11-14-9-10-19-17(12-14)16-7-5-6-8-18(16)26-19/h5-12,23H,13H2,1-4H3. The summed E-state index contributed by atoms with van der Waals surface area (Å²) in [5, 5.41) is 12.4. The van der Waals surface area contributed by atoms with Gasteiger partial charge in [-0.3, -0.25) is 0 Å². The van der Waals surface area contributed by atoms with E-state index in [0.717, 1.165) is 11.0 Å². The number of fused-ring (bicyclic) bond motifs is 3. The van der Waals surface area contributed by atoms with Crippen LogP contribution in [-0.2, 0) is 9.31 Å². The Balaban J connectivity index is 1.73. The second-order valence-electron chi connectivity index (χ2n) is 7.82. The molecule has 3 aromatic rings. The summed E-state index contributed by atoms with van der Waals surface area (Å²) < 4.78 is 14.7. The second kappa shape index (κ2) is 6.20. The lowest BCUT2D eigenvalue weighted by Crippen LogP contribution is -2.41. The average Bonchev–Trinajstić information content (AvgIpc) is 3.06. The molecule has 2 heterocycles. The molecule has 0 bridgehead atoms. The van der Waals surface area contributed by atoms with Gasteiger partial charge in [-0.25, -0.2) is 0 Å². The first-order valence-electron chi connectivity index (χ1n) is 8.89. The molecule has 0 saturated carbocycles. The Kier molecular flexibility index (Phi) is 4.23. The van der Waals surface area contributed by atoms with Crippen LogP contribution in [0.15, 0.2) is 47.9 Å². The normalized spacial score (nSPS) is 19.6. The van der Waals surface area contributed by atoms with E-state index in [1.807, 2.05) is 33.8 Å². The van der Waals surface area contributed by atoms with Gasteiger partial charge in [-0.1, -0.05) is 30.3 Å². The molecular formula is C21H23BO3S. The van der Waals surface area contributed by atoms with Crippen LogP contribution in [0.1, 0.15) is 33.3 Å². The Morgan fingerprint density at radius 1 is 1.00 bits per heavy atom. The summed E-state index contributed by atoms with van der Waals surface area (Å²) in [6.07, 6.45) is 1.98. The summed E-state index contributed by atoms with van der Waals surface area (Å²) in [4.78, 5) is 0. The Morgan fingerprint density at radius 3 is 2.35 bits per heavy atom. The van der Waals surface area contributed by atoms with E-state index in [1.165, 1.54) is 20.2 Å². The minimum Gasteiger partial charge on any atom is -0.400 e. The number of thiophene rings is 1. The molecule has 0 spiro atoms. The van der Waals surface area contributed by atoms with Crippen LogP contribution in [0.2, 0.25) is 0 Å². The van der Waals surface area contributed by atoms with Crippen molar-refractivity contribution in [3.8, 4) is 0 Å². The first kappa shape index (κ1) is 17.7. The summed E-state index contributed by atoms with van der Waals surface area (Å²) >= 11 is 1.80. The molecule has 26 heavy (non-hydrogen) atoms. The van der Waals surface area contributed by atoms with Crippen molar-refractivity contribution >= 4 is 44.7 Å². The quantitative estimate of drug-likeness (QED) is 0.659. The molecule has 1 fully saturated rings. The van der Waals surface area contributed by atoms with Crippen LogP contribution < -0.4 is 0 Å². The Bertz CT molecular complexity index is 987. The Morgan fingerprint density at radius 2 is 1.65 bits per heavy atom. The smallest absolute Gasteiger partial charge is 0.400 e. The monoisotopic (exact) mass is 366 g/mol. The molecule has 4 rings (SSSR count). The number of rotatable bonds is 3. The summed E-state index contributed by atoms with van der Waals surface area (Å²) in [6, 6.07) is 14.8. The SMILES string of the molecule is CC1(C)OB(C(=Cc2ccc3sc4ccccc4c3c2)CO)OC1(C)C. The van der Waals surface area contributed by atoms with E-state index in [2.05, 4.69) is 42.5 Å². The minimum absolute atomic E-state index is 0.0980. The fourth-order valence-corrected chi connectivity index (χ4v) is 4.32. The minimum atomic E-state index is -0.528. The van der Waals surface area contributed by atoms with Crippen LogP contribution in [0.3, 0.4) is 0 Å². The maximum absolute atomic E-state index is 9.91. The third kappa shape index (κ3) is 2.89. The van der Waals surface area contributed by atoms with Gasteiger partial charge in [0.05, 0.1) is 17.8 Å². The molecule has 1 N–H and O–H groups in total. The lowest BCUT2D eigenvalue weighted by Gasteiger charge is -2.32. The van der Waals surface area contributed by atoms with Crippen molar-refractivity contribution in [2.45, 2.75) is 38.9 Å². The van der Waals surface area contributed by atoms with Crippen LogP contribution >= 0.6 is 11.3 Å². The van der Waals surface area contributed by atoms with Crippen molar-refractivity contribution in [1.82, 2.24) is 0 Å². The predicted molar refractivity (Wildman–Crippen MR) is 110 cm³/mol. The fourth-order valence-electron chi connectivity index (χ4n) is 3.23. The highest BCUT2D eigenvalue weighted by Gasteiger charge is 2.52. The number of aliphatic hydroxyl groups excluding tert-OH is 1. The molecule has 1 saturated heterocycles. The Hall–Kier alpha value is -1.66. The van der Waals surface area contributed by atoms with E-state index >= 15 is 0 Å². The van der Waals surface area contributed by atoms with Crippen molar-refractivity contribution < 1.29 is 14.4 Å². The summed E-state index contributed by atoms with van der Waals surface area (Å²) in [6.45, 7) is 7.98. The molecule has 5 heteroatoms. The summed E-state index contributed by atoms with van der Waals surface area (Å²) in [5.41, 5.74) is 0.946. The van der Waals surface area contributed by atoms with E-state index in [4.69, 9.17) is 9.31 Å². The van der Waals surface area contributed by atoms with E-state index in [1.54, 1.807) is 11.3 Å². The zero-order valence-corrected chi connectivity index (χ0v) is 16.4. The molecule has 0 atom stereocenters. The van der Waals surface area contributed by atoms with Crippen LogP contribution in [0.25, 0.3) is 26.2 Å². The molecule has 0 unspecified atom stereocenters. The van der Waals surface area contributed by atoms with Gasteiger partial charge in [0.1, 0.15) is 0 Å². The van der Waals surface area contributed by atoms with Crippen molar-refractivity contribution in [1.29, 1.82) is 0 Å². The van der Waals surface area contributed by atoms with Crippen LogP contribution in [0, 0.1) is 0 Å². The van der Waals surface area contributed by atoms with Gasteiger partial charge in [0.15, 0.2) is 0 Å². The summed E-state index contributed by atoms with van der Waals surface area (Å²) in [5.74, 6) is 0. The van der Waals surface area contributed by atoms with Gasteiger partial charge in [0, 0.05) is 20.2 Å².